The Hall–Kier alpha value is -2.34. The lowest BCUT2D eigenvalue weighted by molar-refractivity contribution is -0.119. The number of hydrogen-bond acceptors (Lipinski definition) is 3. The minimum Gasteiger partial charge on any atom is -0.359 e. The minimum atomic E-state index is -0.154. The summed E-state index contributed by atoms with van der Waals surface area (Å²) in [5, 5.41) is 12.2. The summed E-state index contributed by atoms with van der Waals surface area (Å²) in [4.78, 5) is 14.8. The first-order valence-electron chi connectivity index (χ1n) is 7.74. The second kappa shape index (κ2) is 5.94. The molecule has 0 bridgehead atoms. The van der Waals surface area contributed by atoms with E-state index in [2.05, 4.69) is 41.3 Å². The van der Waals surface area contributed by atoms with Gasteiger partial charge in [-0.2, -0.15) is 5.10 Å². The summed E-state index contributed by atoms with van der Waals surface area (Å²) in [5.41, 5.74) is 3.13. The zero-order chi connectivity index (χ0) is 17.5. The molecular weight excluding hydrogens is 326 g/mol. The summed E-state index contributed by atoms with van der Waals surface area (Å²) in [5.74, 6) is 0.637. The standard InChI is InChI=1S/C17H20ClN5O/c1-17(2,3)14-13(18)16-20-15(22-23(16)21-14)11-7-5-6-10(8-11)9-12(24)19-4/h5-8H,9H2,1-4H3,(H,19,24)(H,20,22). The number of benzene rings is 1. The van der Waals surface area contributed by atoms with E-state index in [9.17, 15) is 4.79 Å². The predicted molar refractivity (Wildman–Crippen MR) is 94.3 cm³/mol. The van der Waals surface area contributed by atoms with Gasteiger partial charge < -0.3 is 10.3 Å². The van der Waals surface area contributed by atoms with Crippen LogP contribution in [0.4, 0.5) is 0 Å². The highest BCUT2D eigenvalue weighted by atomic mass is 35.5. The number of carbonyl (C=O) groups excluding carboxylic acids is 1. The number of hydrogen-bond donors (Lipinski definition) is 2. The summed E-state index contributed by atoms with van der Waals surface area (Å²) in [6.07, 6.45) is 0.330. The van der Waals surface area contributed by atoms with E-state index in [4.69, 9.17) is 11.6 Å². The number of rotatable bonds is 3. The first-order valence-corrected chi connectivity index (χ1v) is 8.12. The maximum atomic E-state index is 11.5. The van der Waals surface area contributed by atoms with E-state index in [0.717, 1.165) is 16.8 Å². The fourth-order valence-corrected chi connectivity index (χ4v) is 2.95. The Morgan fingerprint density at radius 1 is 1.33 bits per heavy atom. The number of aromatic amines is 1. The van der Waals surface area contributed by atoms with Crippen LogP contribution in [0.5, 0.6) is 0 Å². The average Bonchev–Trinajstić information content (AvgIpc) is 3.07. The monoisotopic (exact) mass is 345 g/mol. The molecule has 1 amide bonds. The summed E-state index contributed by atoms with van der Waals surface area (Å²) in [6, 6.07) is 7.69. The van der Waals surface area contributed by atoms with Gasteiger partial charge in [0.05, 0.1) is 12.1 Å². The number of halogens is 1. The first-order chi connectivity index (χ1) is 11.3. The first kappa shape index (κ1) is 16.5. The highest BCUT2D eigenvalue weighted by molar-refractivity contribution is 6.34. The Bertz CT molecular complexity index is 903. The Kier molecular flexibility index (Phi) is 4.09. The van der Waals surface area contributed by atoms with E-state index < -0.39 is 0 Å². The third-order valence-corrected chi connectivity index (χ3v) is 4.15. The molecule has 126 valence electrons. The van der Waals surface area contributed by atoms with Crippen molar-refractivity contribution in [3.8, 4) is 11.4 Å². The molecule has 6 nitrogen and oxygen atoms in total. The number of nitrogens with one attached hydrogen (secondary N) is 2. The van der Waals surface area contributed by atoms with Crippen LogP contribution in [0, 0.1) is 0 Å². The fourth-order valence-electron chi connectivity index (χ4n) is 2.51. The van der Waals surface area contributed by atoms with Gasteiger partial charge in [-0.15, -0.1) is 9.73 Å². The van der Waals surface area contributed by atoms with Gasteiger partial charge in [-0.3, -0.25) is 4.79 Å². The van der Waals surface area contributed by atoms with Crippen LogP contribution in [0.3, 0.4) is 0 Å². The number of amides is 1. The van der Waals surface area contributed by atoms with Crippen molar-refractivity contribution in [2.45, 2.75) is 32.6 Å². The molecule has 0 atom stereocenters. The topological polar surface area (TPSA) is 75.1 Å². The molecule has 0 radical (unpaired) electrons. The van der Waals surface area contributed by atoms with Crippen LogP contribution in [0.15, 0.2) is 24.3 Å². The molecule has 1 aromatic carbocycles. The van der Waals surface area contributed by atoms with Crippen LogP contribution in [0.25, 0.3) is 17.0 Å². The summed E-state index contributed by atoms with van der Waals surface area (Å²) in [6.45, 7) is 6.18. The van der Waals surface area contributed by atoms with E-state index >= 15 is 0 Å². The van der Waals surface area contributed by atoms with E-state index in [1.807, 2.05) is 24.3 Å². The Balaban J connectivity index is 1.99. The molecule has 0 unspecified atom stereocenters. The lowest BCUT2D eigenvalue weighted by Gasteiger charge is -2.14. The zero-order valence-corrected chi connectivity index (χ0v) is 14.9. The number of likely N-dealkylation sites (N-methyl/N-ethyl adjacent to an activating group) is 1. The Morgan fingerprint density at radius 2 is 2.08 bits per heavy atom. The normalized spacial score (nSPS) is 11.9. The lowest BCUT2D eigenvalue weighted by Crippen LogP contribution is -2.19. The van der Waals surface area contributed by atoms with Crippen molar-refractivity contribution in [1.82, 2.24) is 25.1 Å². The largest absolute Gasteiger partial charge is 0.359 e. The third kappa shape index (κ3) is 3.01. The summed E-state index contributed by atoms with van der Waals surface area (Å²) >= 11 is 6.45. The van der Waals surface area contributed by atoms with Gasteiger partial charge in [0.25, 0.3) is 0 Å². The molecule has 0 aliphatic carbocycles. The van der Waals surface area contributed by atoms with Crippen molar-refractivity contribution < 1.29 is 4.79 Å². The van der Waals surface area contributed by atoms with Crippen LogP contribution in [0.1, 0.15) is 32.0 Å². The van der Waals surface area contributed by atoms with E-state index in [1.165, 1.54) is 4.63 Å². The predicted octanol–water partition coefficient (Wildman–Crippen LogP) is 2.96. The van der Waals surface area contributed by atoms with Gasteiger partial charge in [0.1, 0.15) is 5.02 Å². The van der Waals surface area contributed by atoms with Crippen molar-refractivity contribution in [2.75, 3.05) is 7.05 Å². The highest BCUT2D eigenvalue weighted by Crippen LogP contribution is 2.31. The Labute approximate surface area is 145 Å². The Morgan fingerprint density at radius 3 is 2.71 bits per heavy atom. The number of H-pyrrole nitrogens is 1. The van der Waals surface area contributed by atoms with Crippen molar-refractivity contribution in [3.63, 3.8) is 0 Å². The van der Waals surface area contributed by atoms with Gasteiger partial charge in [-0.25, -0.2) is 0 Å². The molecule has 24 heavy (non-hydrogen) atoms. The van der Waals surface area contributed by atoms with Crippen molar-refractivity contribution in [2.24, 2.45) is 0 Å². The van der Waals surface area contributed by atoms with Crippen LogP contribution in [-0.2, 0) is 16.6 Å². The van der Waals surface area contributed by atoms with E-state index in [0.29, 0.717) is 22.9 Å². The molecular formula is C17H20ClN5O. The van der Waals surface area contributed by atoms with Crippen LogP contribution in [-0.4, -0.2) is 32.8 Å². The van der Waals surface area contributed by atoms with Gasteiger partial charge >= 0.3 is 0 Å². The second-order valence-electron chi connectivity index (χ2n) is 6.77. The molecule has 2 N–H and O–H groups in total. The molecule has 7 heteroatoms. The molecule has 3 aromatic rings. The quantitative estimate of drug-likeness (QED) is 0.766. The number of nitrogens with zero attached hydrogens (tertiary/aromatic N) is 3. The fraction of sp³-hybridized carbons (Fsp3) is 0.353. The van der Waals surface area contributed by atoms with E-state index in [-0.39, 0.29) is 11.3 Å². The average molecular weight is 346 g/mol. The maximum Gasteiger partial charge on any atom is 0.224 e. The molecule has 2 heterocycles. The molecule has 0 aliphatic rings. The second-order valence-corrected chi connectivity index (χ2v) is 7.15. The van der Waals surface area contributed by atoms with Crippen molar-refractivity contribution in [1.29, 1.82) is 0 Å². The lowest BCUT2D eigenvalue weighted by atomic mass is 9.92. The molecule has 0 aliphatic heterocycles. The van der Waals surface area contributed by atoms with Crippen LogP contribution >= 0.6 is 11.6 Å². The van der Waals surface area contributed by atoms with Gasteiger partial charge in [0, 0.05) is 18.0 Å². The zero-order valence-electron chi connectivity index (χ0n) is 14.1. The van der Waals surface area contributed by atoms with Crippen LogP contribution in [0.2, 0.25) is 5.02 Å². The van der Waals surface area contributed by atoms with E-state index in [1.54, 1.807) is 7.05 Å². The third-order valence-electron chi connectivity index (χ3n) is 3.80. The van der Waals surface area contributed by atoms with Gasteiger partial charge in [0.2, 0.25) is 5.91 Å². The molecule has 0 fully saturated rings. The summed E-state index contributed by atoms with van der Waals surface area (Å²) < 4.78 is 1.53. The molecule has 0 saturated carbocycles. The molecule has 0 saturated heterocycles. The molecule has 2 aromatic heterocycles. The highest BCUT2D eigenvalue weighted by Gasteiger charge is 2.25. The molecule has 3 rings (SSSR count). The summed E-state index contributed by atoms with van der Waals surface area (Å²) in [7, 11) is 1.63. The van der Waals surface area contributed by atoms with Gasteiger partial charge in [-0.1, -0.05) is 50.6 Å². The number of carbonyl (C=O) groups is 1. The van der Waals surface area contributed by atoms with Gasteiger partial charge in [0.15, 0.2) is 11.5 Å². The van der Waals surface area contributed by atoms with Crippen molar-refractivity contribution in [3.05, 3.63) is 40.5 Å². The minimum absolute atomic E-state index is 0.0285. The number of aromatic nitrogens is 4. The van der Waals surface area contributed by atoms with Crippen molar-refractivity contribution >= 4 is 23.2 Å². The SMILES string of the molecule is CNC(=O)Cc1cccc(-c2nn3nc(C(C)(C)C)c(Cl)c3[nH]2)c1. The van der Waals surface area contributed by atoms with Crippen LogP contribution < -0.4 is 5.32 Å². The smallest absolute Gasteiger partial charge is 0.224 e. The van der Waals surface area contributed by atoms with Gasteiger partial charge in [-0.05, 0) is 11.6 Å². The number of fused-ring (bicyclic) bond motifs is 1. The molecule has 0 spiro atoms. The maximum absolute atomic E-state index is 11.5.